The van der Waals surface area contributed by atoms with Gasteiger partial charge in [0, 0.05) is 11.9 Å². The lowest BCUT2D eigenvalue weighted by Crippen LogP contribution is -2.36. The Morgan fingerprint density at radius 3 is 1.55 bits per heavy atom. The molecular weight excluding hydrogens is 714 g/mol. The molecule has 1 nitrogen and oxygen atoms in total. The molecule has 0 bridgehead atoms. The van der Waals surface area contributed by atoms with Gasteiger partial charge in [0.15, 0.2) is 0 Å². The Kier molecular flexibility index (Phi) is 13.7. The summed E-state index contributed by atoms with van der Waals surface area (Å²) in [7, 11) is 0.961. The molecule has 5 heteroatoms. The normalized spacial score (nSPS) is 21.8. The summed E-state index contributed by atoms with van der Waals surface area (Å²) >= 11 is 0. The van der Waals surface area contributed by atoms with Crippen molar-refractivity contribution in [2.45, 2.75) is 101 Å². The van der Waals surface area contributed by atoms with E-state index in [9.17, 15) is 0 Å². The molecule has 0 radical (unpaired) electrons. The fourth-order valence-corrected chi connectivity index (χ4v) is 24.4. The van der Waals surface area contributed by atoms with Crippen molar-refractivity contribution >= 4 is 63.5 Å². The summed E-state index contributed by atoms with van der Waals surface area (Å²) in [6, 6.07) is 53.8. The third kappa shape index (κ3) is 9.26. The summed E-state index contributed by atoms with van der Waals surface area (Å²) in [4.78, 5) is 2.65. The third-order valence-electron chi connectivity index (χ3n) is 11.7. The zero-order chi connectivity index (χ0) is 36.7. The topological polar surface area (TPSA) is 3.24 Å². The monoisotopic (exact) mass is 773 g/mol. The Morgan fingerprint density at radius 1 is 0.585 bits per heavy atom. The number of hydrogen-bond acceptors (Lipinski definition) is 1. The molecule has 2 aliphatic heterocycles. The van der Waals surface area contributed by atoms with Gasteiger partial charge >= 0.3 is 0 Å². The molecular formula is C48H59NP4. The lowest BCUT2D eigenvalue weighted by Gasteiger charge is -2.39. The Bertz CT molecular complexity index is 1750. The first-order valence-electron chi connectivity index (χ1n) is 20.1. The zero-order valence-corrected chi connectivity index (χ0v) is 36.1. The van der Waals surface area contributed by atoms with Crippen molar-refractivity contribution in [2.24, 2.45) is 0 Å². The maximum absolute atomic E-state index is 2.66. The molecule has 0 N–H and O–H groups in total. The predicted octanol–water partition coefficient (Wildman–Crippen LogP) is 10.8. The molecule has 2 aliphatic rings. The molecule has 0 aliphatic carbocycles. The molecule has 276 valence electrons. The van der Waals surface area contributed by atoms with Crippen LogP contribution in [-0.4, -0.2) is 46.5 Å². The molecule has 1 unspecified atom stereocenters. The highest BCUT2D eigenvalue weighted by Gasteiger charge is 2.40. The largest absolute Gasteiger partial charge is 0.302 e. The van der Waals surface area contributed by atoms with Gasteiger partial charge in [0.25, 0.3) is 0 Å². The van der Waals surface area contributed by atoms with Crippen LogP contribution in [0.25, 0.3) is 0 Å². The van der Waals surface area contributed by atoms with Gasteiger partial charge in [-0.1, -0.05) is 183 Å². The second-order valence-electron chi connectivity index (χ2n) is 15.6. The summed E-state index contributed by atoms with van der Waals surface area (Å²) < 4.78 is 0. The van der Waals surface area contributed by atoms with Gasteiger partial charge in [-0.15, -0.1) is 0 Å². The summed E-state index contributed by atoms with van der Waals surface area (Å²) in [5.74, 6) is 0. The van der Waals surface area contributed by atoms with Crippen LogP contribution in [0.15, 0.2) is 140 Å². The average molecular weight is 774 g/mol. The SMILES string of the molecule is C[C@@H]1CCC[C@@H](C)P1c1ccc(CN(C)CCC(P(c2ccccc2)c2ccccc2)P2[C@H](C)CC[C@H]2C)cc1P(c1ccccc1)c1ccccc1. The second-order valence-corrected chi connectivity index (χ2v) is 27.0. The van der Waals surface area contributed by atoms with Crippen LogP contribution in [0.3, 0.4) is 0 Å². The second kappa shape index (κ2) is 18.6. The highest BCUT2D eigenvalue weighted by atomic mass is 31.2. The molecule has 2 fully saturated rings. The van der Waals surface area contributed by atoms with E-state index in [0.717, 1.165) is 41.1 Å². The van der Waals surface area contributed by atoms with Crippen molar-refractivity contribution < 1.29 is 0 Å². The highest BCUT2D eigenvalue weighted by Crippen LogP contribution is 2.68. The van der Waals surface area contributed by atoms with Gasteiger partial charge in [-0.3, -0.25) is 0 Å². The van der Waals surface area contributed by atoms with Gasteiger partial charge in [0.2, 0.25) is 0 Å². The van der Waals surface area contributed by atoms with E-state index >= 15 is 0 Å². The standard InChI is InChI=1S/C48H59NP4/c1-37-19-18-20-38(2)50(37)46-32-31-41(35-47(46)52(42-21-10-6-11-22-42)43-23-12-7-13-24-43)36-49(5)34-33-48(51-39(3)29-30-40(51)4)53(44-25-14-8-15-26-44)45-27-16-9-17-28-45/h6-17,21-28,31-32,35,37-40,48H,18-20,29-30,33-34,36H2,1-5H3/t37-,38-,39-,40-,48?/m1/s1. The van der Waals surface area contributed by atoms with Crippen molar-refractivity contribution in [3.05, 3.63) is 145 Å². The molecule has 5 atom stereocenters. The Labute approximate surface area is 326 Å². The molecule has 0 spiro atoms. The number of nitrogens with zero attached hydrogens (tertiary/aromatic N) is 1. The molecule has 0 saturated carbocycles. The van der Waals surface area contributed by atoms with Crippen molar-refractivity contribution in [3.8, 4) is 0 Å². The van der Waals surface area contributed by atoms with Crippen LogP contribution in [0.5, 0.6) is 0 Å². The summed E-state index contributed by atoms with van der Waals surface area (Å²) in [6.45, 7) is 12.4. The van der Waals surface area contributed by atoms with Crippen LogP contribution < -0.4 is 31.8 Å². The van der Waals surface area contributed by atoms with E-state index in [0.29, 0.717) is 0 Å². The zero-order valence-electron chi connectivity index (χ0n) is 32.6. The Hall–Kier alpha value is -2.22. The van der Waals surface area contributed by atoms with Gasteiger partial charge in [0.05, 0.1) is 0 Å². The minimum absolute atomic E-state index is 0.0866. The number of rotatable bonds is 13. The van der Waals surface area contributed by atoms with E-state index in [1.807, 2.05) is 0 Å². The molecule has 5 aromatic rings. The maximum Gasteiger partial charge on any atom is 0.0230 e. The average Bonchev–Trinajstić information content (AvgIpc) is 3.52. The lowest BCUT2D eigenvalue weighted by molar-refractivity contribution is 0.326. The van der Waals surface area contributed by atoms with E-state index in [2.05, 4.69) is 179 Å². The van der Waals surface area contributed by atoms with Crippen LogP contribution in [0.2, 0.25) is 0 Å². The lowest BCUT2D eigenvalue weighted by atomic mass is 10.1. The first-order valence-corrected chi connectivity index (χ1v) is 25.8. The van der Waals surface area contributed by atoms with Crippen LogP contribution in [0, 0.1) is 0 Å². The van der Waals surface area contributed by atoms with Crippen molar-refractivity contribution in [1.82, 2.24) is 4.90 Å². The van der Waals surface area contributed by atoms with E-state index in [-0.39, 0.29) is 15.8 Å². The van der Waals surface area contributed by atoms with Crippen LogP contribution in [0.1, 0.15) is 71.8 Å². The fourth-order valence-electron chi connectivity index (χ4n) is 9.15. The molecule has 2 saturated heterocycles. The Balaban J connectivity index is 1.22. The van der Waals surface area contributed by atoms with Crippen molar-refractivity contribution in [1.29, 1.82) is 0 Å². The van der Waals surface area contributed by atoms with Crippen molar-refractivity contribution in [2.75, 3.05) is 13.6 Å². The maximum atomic E-state index is 2.66. The first-order chi connectivity index (χ1) is 25.9. The van der Waals surface area contributed by atoms with Crippen LogP contribution in [0.4, 0.5) is 0 Å². The van der Waals surface area contributed by atoms with Gasteiger partial charge in [0.1, 0.15) is 0 Å². The van der Waals surface area contributed by atoms with Crippen molar-refractivity contribution in [3.63, 3.8) is 0 Å². The van der Waals surface area contributed by atoms with E-state index in [4.69, 9.17) is 0 Å². The van der Waals surface area contributed by atoms with E-state index in [1.165, 1.54) is 54.7 Å². The smallest absolute Gasteiger partial charge is 0.0230 e. The minimum atomic E-state index is -0.663. The van der Waals surface area contributed by atoms with Gasteiger partial charge in [-0.05, 0) is 128 Å². The summed E-state index contributed by atoms with van der Waals surface area (Å²) in [5.41, 5.74) is 4.69. The minimum Gasteiger partial charge on any atom is -0.302 e. The van der Waals surface area contributed by atoms with E-state index < -0.39 is 15.8 Å². The highest BCUT2D eigenvalue weighted by molar-refractivity contribution is 7.84. The van der Waals surface area contributed by atoms with E-state index in [1.54, 1.807) is 21.2 Å². The third-order valence-corrected chi connectivity index (χ3v) is 25.3. The van der Waals surface area contributed by atoms with Gasteiger partial charge in [-0.2, -0.15) is 0 Å². The predicted molar refractivity (Wildman–Crippen MR) is 243 cm³/mol. The molecule has 0 amide bonds. The fraction of sp³-hybridized carbons (Fsp3) is 0.375. The number of benzene rings is 5. The van der Waals surface area contributed by atoms with Gasteiger partial charge in [-0.25, -0.2) is 0 Å². The molecule has 0 aromatic heterocycles. The summed E-state index contributed by atoms with van der Waals surface area (Å²) in [6.07, 6.45) is 8.16. The first kappa shape index (κ1) is 39.0. The Morgan fingerprint density at radius 2 is 1.06 bits per heavy atom. The quantitative estimate of drug-likeness (QED) is 0.108. The van der Waals surface area contributed by atoms with Crippen LogP contribution in [-0.2, 0) is 6.54 Å². The molecule has 7 rings (SSSR count). The summed E-state index contributed by atoms with van der Waals surface area (Å²) in [5, 5.41) is 10.0. The molecule has 53 heavy (non-hydrogen) atoms. The number of hydrogen-bond donors (Lipinski definition) is 0. The molecule has 5 aromatic carbocycles. The van der Waals surface area contributed by atoms with Crippen LogP contribution >= 0.6 is 31.7 Å². The van der Waals surface area contributed by atoms with Gasteiger partial charge < -0.3 is 4.90 Å². The molecule has 2 heterocycles.